The van der Waals surface area contributed by atoms with E-state index >= 15 is 0 Å². The van der Waals surface area contributed by atoms with Gasteiger partial charge in [-0.05, 0) is 48.0 Å². The van der Waals surface area contributed by atoms with Gasteiger partial charge in [-0.1, -0.05) is 12.1 Å². The summed E-state index contributed by atoms with van der Waals surface area (Å²) in [5.41, 5.74) is 2.96. The second-order valence-corrected chi connectivity index (χ2v) is 6.76. The van der Waals surface area contributed by atoms with Gasteiger partial charge >= 0.3 is 0 Å². The number of nitrogens with zero attached hydrogens (tertiary/aromatic N) is 4. The van der Waals surface area contributed by atoms with Gasteiger partial charge < -0.3 is 9.40 Å². The maximum Gasteiger partial charge on any atom is 0.253 e. The van der Waals surface area contributed by atoms with Crippen molar-refractivity contribution in [2.45, 2.75) is 0 Å². The third-order valence-corrected chi connectivity index (χ3v) is 4.82. The minimum atomic E-state index is -0.375. The topological polar surface area (TPSA) is 108 Å². The lowest BCUT2D eigenvalue weighted by Gasteiger charge is -2.04. The van der Waals surface area contributed by atoms with E-state index in [9.17, 15) is 9.18 Å². The molecule has 0 spiro atoms. The molecule has 0 aliphatic rings. The summed E-state index contributed by atoms with van der Waals surface area (Å²) in [6.45, 7) is 0. The number of pyridine rings is 2. The van der Waals surface area contributed by atoms with Gasteiger partial charge in [-0.3, -0.25) is 4.79 Å². The number of nitriles is 1. The number of H-pyrrole nitrogens is 1. The maximum atomic E-state index is 13.1. The summed E-state index contributed by atoms with van der Waals surface area (Å²) in [7, 11) is 0. The van der Waals surface area contributed by atoms with Crippen molar-refractivity contribution in [3.8, 4) is 40.1 Å². The lowest BCUT2D eigenvalue weighted by atomic mass is 10.0. The standard InChI is InChI=1S/C23H12FN5O2/c24-17-7-5-15(6-8-17)22-28-29-23(31-22)19-12-27-21-18(20(19)30)9-16(11-26-21)14-3-1-13(10-25)2-4-14/h1-9,11-12H,(H,26,27,30). The van der Waals surface area contributed by atoms with Crippen LogP contribution in [-0.2, 0) is 0 Å². The number of aromatic nitrogens is 4. The van der Waals surface area contributed by atoms with Crippen LogP contribution in [0.2, 0.25) is 0 Å². The van der Waals surface area contributed by atoms with Crippen LogP contribution in [0.5, 0.6) is 0 Å². The minimum Gasteiger partial charge on any atom is -0.416 e. The van der Waals surface area contributed by atoms with Gasteiger partial charge in [-0.15, -0.1) is 10.2 Å². The van der Waals surface area contributed by atoms with E-state index < -0.39 is 0 Å². The summed E-state index contributed by atoms with van der Waals surface area (Å²) in [5, 5.41) is 17.3. The Kier molecular flexibility index (Phi) is 4.34. The Morgan fingerprint density at radius 1 is 0.935 bits per heavy atom. The first-order valence-corrected chi connectivity index (χ1v) is 9.24. The molecule has 7 nitrogen and oxygen atoms in total. The summed E-state index contributed by atoms with van der Waals surface area (Å²) in [6, 6.07) is 16.4. The Labute approximate surface area is 174 Å². The van der Waals surface area contributed by atoms with Crippen LogP contribution in [0.4, 0.5) is 4.39 Å². The lowest BCUT2D eigenvalue weighted by Crippen LogP contribution is -2.07. The van der Waals surface area contributed by atoms with Crippen molar-refractivity contribution in [1.82, 2.24) is 20.2 Å². The first kappa shape index (κ1) is 18.4. The summed E-state index contributed by atoms with van der Waals surface area (Å²) < 4.78 is 18.8. The van der Waals surface area contributed by atoms with Crippen LogP contribution < -0.4 is 5.43 Å². The highest BCUT2D eigenvalue weighted by Gasteiger charge is 2.16. The molecule has 0 bridgehead atoms. The maximum absolute atomic E-state index is 13.1. The first-order valence-electron chi connectivity index (χ1n) is 9.24. The number of halogens is 1. The molecule has 1 N–H and O–H groups in total. The molecule has 2 aromatic carbocycles. The molecule has 0 fully saturated rings. The highest BCUT2D eigenvalue weighted by molar-refractivity contribution is 5.83. The molecule has 0 amide bonds. The Morgan fingerprint density at radius 2 is 1.65 bits per heavy atom. The summed E-state index contributed by atoms with van der Waals surface area (Å²) in [5.74, 6) is -0.148. The smallest absolute Gasteiger partial charge is 0.253 e. The third-order valence-electron chi connectivity index (χ3n) is 4.82. The molecular weight excluding hydrogens is 397 g/mol. The highest BCUT2D eigenvalue weighted by Crippen LogP contribution is 2.25. The van der Waals surface area contributed by atoms with Gasteiger partial charge in [-0.25, -0.2) is 9.37 Å². The van der Waals surface area contributed by atoms with E-state index in [0.29, 0.717) is 22.2 Å². The quantitative estimate of drug-likeness (QED) is 0.475. The SMILES string of the molecule is N#Cc1ccc(-c2cnc3[nH]cc(-c4nnc(-c5ccc(F)cc5)o4)c(=O)c3c2)cc1. The molecule has 0 aliphatic heterocycles. The zero-order valence-corrected chi connectivity index (χ0v) is 15.8. The number of aromatic amines is 1. The number of benzene rings is 2. The minimum absolute atomic E-state index is 0.0475. The zero-order chi connectivity index (χ0) is 21.4. The molecule has 0 aliphatic carbocycles. The van der Waals surface area contributed by atoms with E-state index in [1.54, 1.807) is 36.5 Å². The predicted octanol–water partition coefficient (Wildman–Crippen LogP) is 4.32. The van der Waals surface area contributed by atoms with E-state index in [2.05, 4.69) is 26.2 Å². The van der Waals surface area contributed by atoms with Gasteiger partial charge in [0.05, 0.1) is 17.0 Å². The van der Waals surface area contributed by atoms with E-state index in [-0.39, 0.29) is 28.6 Å². The van der Waals surface area contributed by atoms with Crippen molar-refractivity contribution in [3.05, 3.63) is 88.6 Å². The molecule has 3 heterocycles. The van der Waals surface area contributed by atoms with Gasteiger partial charge in [0.1, 0.15) is 17.0 Å². The largest absolute Gasteiger partial charge is 0.416 e. The van der Waals surface area contributed by atoms with Crippen LogP contribution in [0.3, 0.4) is 0 Å². The average molecular weight is 409 g/mol. The lowest BCUT2D eigenvalue weighted by molar-refractivity contribution is 0.583. The van der Waals surface area contributed by atoms with Gasteiger partial charge in [0.15, 0.2) is 0 Å². The van der Waals surface area contributed by atoms with Crippen LogP contribution in [0.1, 0.15) is 5.56 Å². The molecule has 5 aromatic rings. The average Bonchev–Trinajstić information content (AvgIpc) is 3.30. The molecule has 0 unspecified atom stereocenters. The fraction of sp³-hybridized carbons (Fsp3) is 0. The summed E-state index contributed by atoms with van der Waals surface area (Å²) >= 11 is 0. The molecule has 0 atom stereocenters. The molecular formula is C23H12FN5O2. The zero-order valence-electron chi connectivity index (χ0n) is 15.8. The number of hydrogen-bond acceptors (Lipinski definition) is 6. The van der Waals surface area contributed by atoms with Crippen LogP contribution in [0.15, 0.2) is 76.2 Å². The molecule has 0 radical (unpaired) electrons. The Balaban J connectivity index is 1.57. The Bertz CT molecular complexity index is 1510. The fourth-order valence-electron chi connectivity index (χ4n) is 3.20. The Hall–Kier alpha value is -4.64. The predicted molar refractivity (Wildman–Crippen MR) is 111 cm³/mol. The van der Waals surface area contributed by atoms with Gasteiger partial charge in [0.25, 0.3) is 5.89 Å². The molecule has 5 rings (SSSR count). The van der Waals surface area contributed by atoms with Crippen molar-refractivity contribution < 1.29 is 8.81 Å². The van der Waals surface area contributed by atoms with Crippen LogP contribution in [0, 0.1) is 17.1 Å². The molecule has 148 valence electrons. The monoisotopic (exact) mass is 409 g/mol. The summed E-state index contributed by atoms with van der Waals surface area (Å²) in [4.78, 5) is 20.4. The van der Waals surface area contributed by atoms with Crippen molar-refractivity contribution in [1.29, 1.82) is 5.26 Å². The van der Waals surface area contributed by atoms with E-state index in [1.165, 1.54) is 30.5 Å². The molecule has 0 saturated carbocycles. The van der Waals surface area contributed by atoms with Crippen molar-refractivity contribution in [3.63, 3.8) is 0 Å². The normalized spacial score (nSPS) is 10.8. The van der Waals surface area contributed by atoms with Gasteiger partial charge in [-0.2, -0.15) is 5.26 Å². The van der Waals surface area contributed by atoms with E-state index in [0.717, 1.165) is 11.1 Å². The second kappa shape index (κ2) is 7.31. The highest BCUT2D eigenvalue weighted by atomic mass is 19.1. The second-order valence-electron chi connectivity index (χ2n) is 6.76. The molecule has 0 saturated heterocycles. The number of rotatable bonds is 3. The van der Waals surface area contributed by atoms with E-state index in [4.69, 9.17) is 9.68 Å². The van der Waals surface area contributed by atoms with Crippen LogP contribution in [-0.4, -0.2) is 20.2 Å². The van der Waals surface area contributed by atoms with Crippen molar-refractivity contribution in [2.24, 2.45) is 0 Å². The third kappa shape index (κ3) is 3.34. The van der Waals surface area contributed by atoms with E-state index in [1.807, 2.05) is 0 Å². The molecule has 31 heavy (non-hydrogen) atoms. The van der Waals surface area contributed by atoms with Crippen LogP contribution >= 0.6 is 0 Å². The number of fused-ring (bicyclic) bond motifs is 1. The van der Waals surface area contributed by atoms with Crippen molar-refractivity contribution >= 4 is 11.0 Å². The fourth-order valence-corrected chi connectivity index (χ4v) is 3.20. The summed E-state index contributed by atoms with van der Waals surface area (Å²) in [6.07, 6.45) is 3.12. The van der Waals surface area contributed by atoms with Crippen molar-refractivity contribution in [2.75, 3.05) is 0 Å². The van der Waals surface area contributed by atoms with Gasteiger partial charge in [0.2, 0.25) is 11.3 Å². The molecule has 8 heteroatoms. The Morgan fingerprint density at radius 3 is 2.39 bits per heavy atom. The van der Waals surface area contributed by atoms with Gasteiger partial charge in [0, 0.05) is 23.5 Å². The first-order chi connectivity index (χ1) is 15.1. The van der Waals surface area contributed by atoms with Crippen LogP contribution in [0.25, 0.3) is 45.1 Å². The number of hydrogen-bond donors (Lipinski definition) is 1. The number of nitrogens with one attached hydrogen (secondary N) is 1. The molecule has 3 aromatic heterocycles.